The van der Waals surface area contributed by atoms with Crippen LogP contribution in [0.25, 0.3) is 0 Å². The lowest BCUT2D eigenvalue weighted by molar-refractivity contribution is 0.182. The molecule has 2 rings (SSSR count). The van der Waals surface area contributed by atoms with Crippen LogP contribution in [0, 0.1) is 0 Å². The molecule has 0 amide bonds. The lowest BCUT2D eigenvalue weighted by Gasteiger charge is -1.98. The summed E-state index contributed by atoms with van der Waals surface area (Å²) in [5.74, 6) is 0. The van der Waals surface area contributed by atoms with Gasteiger partial charge in [0.25, 0.3) is 0 Å². The van der Waals surface area contributed by atoms with Crippen molar-refractivity contribution in [3.63, 3.8) is 0 Å². The third kappa shape index (κ3) is 2.81. The average Bonchev–Trinajstić information content (AvgIpc) is 2.70. The van der Waals surface area contributed by atoms with E-state index in [1.54, 1.807) is 18.4 Å². The first kappa shape index (κ1) is 11.1. The molecule has 1 heterocycles. The zero-order valence-electron chi connectivity index (χ0n) is 9.14. The lowest BCUT2D eigenvalue weighted by Crippen LogP contribution is -1.91. The van der Waals surface area contributed by atoms with Crippen LogP contribution in [0.3, 0.4) is 0 Å². The van der Waals surface area contributed by atoms with Crippen LogP contribution in [-0.2, 0) is 17.8 Å². The fourth-order valence-electron chi connectivity index (χ4n) is 1.45. The molecule has 2 N–H and O–H groups in total. The van der Waals surface area contributed by atoms with Gasteiger partial charge in [-0.2, -0.15) is 0 Å². The molecule has 3 nitrogen and oxygen atoms in total. The van der Waals surface area contributed by atoms with Gasteiger partial charge in [0.05, 0.1) is 17.3 Å². The van der Waals surface area contributed by atoms with Crippen LogP contribution >= 0.6 is 11.3 Å². The minimum Gasteiger partial charge on any atom is -0.399 e. The monoisotopic (exact) mass is 234 g/mol. The summed E-state index contributed by atoms with van der Waals surface area (Å²) in [5.41, 5.74) is 8.66. The Morgan fingerprint density at radius 2 is 2.06 bits per heavy atom. The third-order valence-corrected chi connectivity index (χ3v) is 3.12. The fraction of sp³-hybridized carbons (Fsp3) is 0.250. The molecule has 0 saturated carbocycles. The minimum absolute atomic E-state index is 0.582. The van der Waals surface area contributed by atoms with E-state index in [4.69, 9.17) is 10.5 Å². The van der Waals surface area contributed by atoms with Gasteiger partial charge in [0.15, 0.2) is 0 Å². The molecule has 0 bridgehead atoms. The maximum absolute atomic E-state index is 5.63. The Morgan fingerprint density at radius 1 is 1.31 bits per heavy atom. The van der Waals surface area contributed by atoms with Crippen molar-refractivity contribution in [1.29, 1.82) is 0 Å². The van der Waals surface area contributed by atoms with Crippen LogP contribution in [-0.4, -0.2) is 12.1 Å². The minimum atomic E-state index is 0.582. The molecule has 0 spiro atoms. The molecule has 16 heavy (non-hydrogen) atoms. The van der Waals surface area contributed by atoms with E-state index in [9.17, 15) is 0 Å². The number of hydrogen-bond acceptors (Lipinski definition) is 4. The lowest BCUT2D eigenvalue weighted by atomic mass is 10.1. The zero-order valence-corrected chi connectivity index (χ0v) is 9.96. The van der Waals surface area contributed by atoms with Gasteiger partial charge in [-0.1, -0.05) is 12.1 Å². The van der Waals surface area contributed by atoms with Crippen molar-refractivity contribution in [2.45, 2.75) is 13.0 Å². The first-order valence-corrected chi connectivity index (χ1v) is 5.92. The van der Waals surface area contributed by atoms with E-state index < -0.39 is 0 Å². The molecule has 0 fully saturated rings. The number of rotatable bonds is 4. The summed E-state index contributed by atoms with van der Waals surface area (Å²) in [6.07, 6.45) is 0.856. The quantitative estimate of drug-likeness (QED) is 0.827. The normalized spacial score (nSPS) is 10.6. The molecule has 0 aliphatic heterocycles. The van der Waals surface area contributed by atoms with E-state index in [0.29, 0.717) is 6.61 Å². The molecule has 0 atom stereocenters. The molecule has 0 unspecified atom stereocenters. The van der Waals surface area contributed by atoms with Gasteiger partial charge in [-0.25, -0.2) is 4.98 Å². The van der Waals surface area contributed by atoms with Gasteiger partial charge in [-0.3, -0.25) is 0 Å². The summed E-state index contributed by atoms with van der Waals surface area (Å²) in [7, 11) is 1.68. The number of nitrogens with zero attached hydrogens (tertiary/aromatic N) is 1. The zero-order chi connectivity index (χ0) is 11.4. The third-order valence-electron chi connectivity index (χ3n) is 2.23. The maximum Gasteiger partial charge on any atom is 0.0973 e. The predicted octanol–water partition coefficient (Wildman–Crippen LogP) is 2.46. The van der Waals surface area contributed by atoms with Gasteiger partial charge in [-0.05, 0) is 17.7 Å². The van der Waals surface area contributed by atoms with Gasteiger partial charge < -0.3 is 10.5 Å². The first-order valence-electron chi connectivity index (χ1n) is 5.04. The number of nitrogen functional groups attached to an aromatic ring is 1. The summed E-state index contributed by atoms with van der Waals surface area (Å²) < 4.78 is 5.03. The Kier molecular flexibility index (Phi) is 3.54. The van der Waals surface area contributed by atoms with Crippen LogP contribution in [0.4, 0.5) is 5.69 Å². The number of methoxy groups -OCH3 is 1. The summed E-state index contributed by atoms with van der Waals surface area (Å²) in [4.78, 5) is 4.48. The van der Waals surface area contributed by atoms with E-state index in [-0.39, 0.29) is 0 Å². The Hall–Kier alpha value is -1.39. The number of hydrogen-bond donors (Lipinski definition) is 1. The van der Waals surface area contributed by atoms with Crippen LogP contribution in [0.5, 0.6) is 0 Å². The van der Waals surface area contributed by atoms with Gasteiger partial charge in [0, 0.05) is 24.6 Å². The molecule has 0 aliphatic rings. The highest BCUT2D eigenvalue weighted by Crippen LogP contribution is 2.16. The summed E-state index contributed by atoms with van der Waals surface area (Å²) in [5, 5.41) is 3.15. The molecule has 84 valence electrons. The Morgan fingerprint density at radius 3 is 2.75 bits per heavy atom. The Balaban J connectivity index is 2.05. The van der Waals surface area contributed by atoms with E-state index in [0.717, 1.165) is 22.8 Å². The molecule has 4 heteroatoms. The highest BCUT2D eigenvalue weighted by Gasteiger charge is 2.02. The maximum atomic E-state index is 5.63. The molecular formula is C12H14N2OS. The van der Waals surface area contributed by atoms with Gasteiger partial charge in [0.2, 0.25) is 0 Å². The van der Waals surface area contributed by atoms with Crippen LogP contribution in [0.15, 0.2) is 29.6 Å². The smallest absolute Gasteiger partial charge is 0.0973 e. The standard InChI is InChI=1S/C12H14N2OS/c1-15-7-11-8-16-12(14-11)6-9-2-4-10(13)5-3-9/h2-5,8H,6-7,13H2,1H3. The van der Waals surface area contributed by atoms with Crippen molar-refractivity contribution < 1.29 is 4.74 Å². The largest absolute Gasteiger partial charge is 0.399 e. The van der Waals surface area contributed by atoms with E-state index in [1.807, 2.05) is 29.6 Å². The number of anilines is 1. The second-order valence-electron chi connectivity index (χ2n) is 3.58. The highest BCUT2D eigenvalue weighted by atomic mass is 32.1. The number of nitrogens with two attached hydrogens (primary N) is 1. The van der Waals surface area contributed by atoms with Crippen molar-refractivity contribution in [3.8, 4) is 0 Å². The first-order chi connectivity index (χ1) is 7.78. The van der Waals surface area contributed by atoms with Crippen molar-refractivity contribution in [1.82, 2.24) is 4.98 Å². The molecule has 0 saturated heterocycles. The SMILES string of the molecule is COCc1csc(Cc2ccc(N)cc2)n1. The van der Waals surface area contributed by atoms with Crippen molar-refractivity contribution >= 4 is 17.0 Å². The number of aromatic nitrogens is 1. The van der Waals surface area contributed by atoms with Crippen LogP contribution < -0.4 is 5.73 Å². The van der Waals surface area contributed by atoms with Crippen molar-refractivity contribution in [2.24, 2.45) is 0 Å². The predicted molar refractivity (Wildman–Crippen MR) is 66.5 cm³/mol. The summed E-state index contributed by atoms with van der Waals surface area (Å²) in [6.45, 7) is 0.582. The van der Waals surface area contributed by atoms with Crippen LogP contribution in [0.1, 0.15) is 16.3 Å². The molecule has 0 radical (unpaired) electrons. The van der Waals surface area contributed by atoms with Crippen molar-refractivity contribution in [3.05, 3.63) is 45.9 Å². The van der Waals surface area contributed by atoms with Gasteiger partial charge >= 0.3 is 0 Å². The van der Waals surface area contributed by atoms with E-state index in [1.165, 1.54) is 5.56 Å². The van der Waals surface area contributed by atoms with Gasteiger partial charge in [-0.15, -0.1) is 11.3 Å². The fourth-order valence-corrected chi connectivity index (χ4v) is 2.27. The Bertz CT molecular complexity index is 450. The topological polar surface area (TPSA) is 48.1 Å². The molecule has 1 aromatic heterocycles. The average molecular weight is 234 g/mol. The Labute approximate surface area is 98.9 Å². The van der Waals surface area contributed by atoms with Crippen LogP contribution in [0.2, 0.25) is 0 Å². The van der Waals surface area contributed by atoms with E-state index >= 15 is 0 Å². The molecule has 0 aliphatic carbocycles. The summed E-state index contributed by atoms with van der Waals surface area (Å²) >= 11 is 1.67. The number of benzene rings is 1. The molecular weight excluding hydrogens is 220 g/mol. The number of thiazole rings is 1. The summed E-state index contributed by atoms with van der Waals surface area (Å²) in [6, 6.07) is 7.90. The second-order valence-corrected chi connectivity index (χ2v) is 4.53. The van der Waals surface area contributed by atoms with E-state index in [2.05, 4.69) is 4.98 Å². The number of ether oxygens (including phenoxy) is 1. The molecule has 2 aromatic rings. The highest BCUT2D eigenvalue weighted by molar-refractivity contribution is 7.09. The van der Waals surface area contributed by atoms with Crippen molar-refractivity contribution in [2.75, 3.05) is 12.8 Å². The van der Waals surface area contributed by atoms with Gasteiger partial charge in [0.1, 0.15) is 0 Å². The second kappa shape index (κ2) is 5.09. The molecule has 1 aromatic carbocycles.